The van der Waals surface area contributed by atoms with Crippen LogP contribution in [0.15, 0.2) is 42.5 Å². The van der Waals surface area contributed by atoms with Crippen molar-refractivity contribution in [1.29, 1.82) is 0 Å². The van der Waals surface area contributed by atoms with Crippen LogP contribution >= 0.6 is 0 Å². The molecule has 0 radical (unpaired) electrons. The number of carbonyl (C=O) groups excluding carboxylic acids is 1. The molecule has 1 aliphatic rings. The van der Waals surface area contributed by atoms with Gasteiger partial charge in [-0.1, -0.05) is 6.07 Å². The summed E-state index contributed by atoms with van der Waals surface area (Å²) in [5.74, 6) is 0.480. The predicted molar refractivity (Wildman–Crippen MR) is 109 cm³/mol. The van der Waals surface area contributed by atoms with Gasteiger partial charge in [0.2, 0.25) is 0 Å². The maximum absolute atomic E-state index is 12.6. The topological polar surface area (TPSA) is 59.0 Å². The summed E-state index contributed by atoms with van der Waals surface area (Å²) in [7, 11) is 0. The van der Waals surface area contributed by atoms with Gasteiger partial charge in [-0.25, -0.2) is 4.79 Å². The second-order valence-corrected chi connectivity index (χ2v) is 7.42. The van der Waals surface area contributed by atoms with Gasteiger partial charge in [0.25, 0.3) is 0 Å². The Balaban J connectivity index is 1.50. The van der Waals surface area contributed by atoms with E-state index in [-0.39, 0.29) is 12.1 Å². The van der Waals surface area contributed by atoms with Crippen molar-refractivity contribution >= 4 is 22.6 Å². The van der Waals surface area contributed by atoms with Crippen molar-refractivity contribution in [3.8, 4) is 0 Å². The quantitative estimate of drug-likeness (QED) is 0.675. The molecule has 140 valence electrons. The number of fused-ring (bicyclic) bond motifs is 1. The smallest absolute Gasteiger partial charge is 0.319 e. The molecule has 0 bridgehead atoms. The predicted octanol–water partition coefficient (Wildman–Crippen LogP) is 4.95. The zero-order valence-electron chi connectivity index (χ0n) is 16.1. The lowest BCUT2D eigenvalue weighted by molar-refractivity contribution is 0.246. The van der Waals surface area contributed by atoms with E-state index in [1.54, 1.807) is 0 Å². The van der Waals surface area contributed by atoms with Gasteiger partial charge in [-0.05, 0) is 75.9 Å². The van der Waals surface area contributed by atoms with E-state index in [2.05, 4.69) is 46.2 Å². The number of urea groups is 1. The van der Waals surface area contributed by atoms with E-state index in [1.807, 2.05) is 37.3 Å². The first-order valence-electron chi connectivity index (χ1n) is 9.66. The van der Waals surface area contributed by atoms with Crippen LogP contribution in [0.2, 0.25) is 0 Å². The van der Waals surface area contributed by atoms with Crippen LogP contribution in [0.1, 0.15) is 42.9 Å². The van der Waals surface area contributed by atoms with E-state index >= 15 is 0 Å². The summed E-state index contributed by atoms with van der Waals surface area (Å²) in [6.45, 7) is 7.17. The number of nitrogens with one attached hydrogen (secondary N) is 2. The molecule has 1 fully saturated rings. The van der Waals surface area contributed by atoms with Crippen molar-refractivity contribution < 1.29 is 4.79 Å². The first kappa shape index (κ1) is 17.6. The number of pyridine rings is 1. The molecule has 1 saturated carbocycles. The first-order chi connectivity index (χ1) is 13.0. The summed E-state index contributed by atoms with van der Waals surface area (Å²) in [5.41, 5.74) is 5.15. The van der Waals surface area contributed by atoms with Gasteiger partial charge in [-0.3, -0.25) is 4.98 Å². The number of hydrogen-bond donors (Lipinski definition) is 2. The SMILES string of the molecule is CCn1c(C)cc2cc(NC(=O)N[C@@H](c3cccc(C)n3)C3CC3)ccc21. The van der Waals surface area contributed by atoms with Gasteiger partial charge in [0.15, 0.2) is 0 Å². The van der Waals surface area contributed by atoms with Crippen LogP contribution in [0.25, 0.3) is 10.9 Å². The Morgan fingerprint density at radius 2 is 2.04 bits per heavy atom. The minimum absolute atomic E-state index is 0.0305. The highest BCUT2D eigenvalue weighted by Crippen LogP contribution is 2.40. The van der Waals surface area contributed by atoms with Crippen molar-refractivity contribution in [2.24, 2.45) is 5.92 Å². The number of nitrogens with zero attached hydrogens (tertiary/aromatic N) is 2. The molecule has 3 aromatic rings. The molecule has 5 heteroatoms. The van der Waals surface area contributed by atoms with E-state index in [1.165, 1.54) is 11.2 Å². The molecule has 2 aromatic heterocycles. The number of carbonyl (C=O) groups is 1. The third kappa shape index (κ3) is 3.68. The maximum atomic E-state index is 12.6. The second kappa shape index (κ2) is 7.06. The molecule has 27 heavy (non-hydrogen) atoms. The van der Waals surface area contributed by atoms with Crippen molar-refractivity contribution in [3.63, 3.8) is 0 Å². The lowest BCUT2D eigenvalue weighted by Gasteiger charge is -2.19. The average molecular weight is 362 g/mol. The van der Waals surface area contributed by atoms with E-state index in [9.17, 15) is 4.79 Å². The average Bonchev–Trinajstić information content (AvgIpc) is 3.42. The van der Waals surface area contributed by atoms with Crippen molar-refractivity contribution in [2.45, 2.75) is 46.2 Å². The first-order valence-corrected chi connectivity index (χ1v) is 9.66. The number of amides is 2. The van der Waals surface area contributed by atoms with Crippen molar-refractivity contribution in [2.75, 3.05) is 5.32 Å². The number of benzene rings is 1. The highest BCUT2D eigenvalue weighted by molar-refractivity contribution is 5.93. The Labute approximate surface area is 159 Å². The van der Waals surface area contributed by atoms with E-state index in [0.29, 0.717) is 5.92 Å². The molecule has 2 N–H and O–H groups in total. The number of anilines is 1. The van der Waals surface area contributed by atoms with Gasteiger partial charge in [0.1, 0.15) is 0 Å². The molecule has 0 aliphatic heterocycles. The Morgan fingerprint density at radius 1 is 1.22 bits per heavy atom. The zero-order valence-corrected chi connectivity index (χ0v) is 16.1. The largest absolute Gasteiger partial charge is 0.345 e. The standard InChI is InChI=1S/C22H26N4O/c1-4-26-15(3)12-17-13-18(10-11-20(17)26)24-22(27)25-21(16-8-9-16)19-7-5-6-14(2)23-19/h5-7,10-13,16,21H,4,8-9H2,1-3H3,(H2,24,25,27)/t21-/m1/s1. The van der Waals surface area contributed by atoms with E-state index in [0.717, 1.165) is 41.8 Å². The Hall–Kier alpha value is -2.82. The normalized spacial score (nSPS) is 14.9. The molecule has 0 unspecified atom stereocenters. The molecule has 4 rings (SSSR count). The van der Waals surface area contributed by atoms with Crippen LogP contribution in [0.3, 0.4) is 0 Å². The van der Waals surface area contributed by atoms with Gasteiger partial charge in [-0.15, -0.1) is 0 Å². The van der Waals surface area contributed by atoms with E-state index in [4.69, 9.17) is 0 Å². The van der Waals surface area contributed by atoms with Crippen LogP contribution in [0, 0.1) is 19.8 Å². The van der Waals surface area contributed by atoms with Crippen molar-refractivity contribution in [1.82, 2.24) is 14.9 Å². The van der Waals surface area contributed by atoms with Crippen LogP contribution < -0.4 is 10.6 Å². The van der Waals surface area contributed by atoms with Crippen LogP contribution in [-0.2, 0) is 6.54 Å². The van der Waals surface area contributed by atoms with Crippen LogP contribution in [0.5, 0.6) is 0 Å². The third-order valence-corrected chi connectivity index (χ3v) is 5.29. The summed E-state index contributed by atoms with van der Waals surface area (Å²) in [5, 5.41) is 7.26. The van der Waals surface area contributed by atoms with Crippen LogP contribution in [0.4, 0.5) is 10.5 Å². The fourth-order valence-electron chi connectivity index (χ4n) is 3.81. The highest BCUT2D eigenvalue weighted by atomic mass is 16.2. The molecule has 2 heterocycles. The summed E-state index contributed by atoms with van der Waals surface area (Å²) in [6, 6.07) is 14.0. The molecule has 0 saturated heterocycles. The molecule has 0 spiro atoms. The Bertz CT molecular complexity index is 987. The Morgan fingerprint density at radius 3 is 2.74 bits per heavy atom. The second-order valence-electron chi connectivity index (χ2n) is 7.42. The van der Waals surface area contributed by atoms with Gasteiger partial charge in [-0.2, -0.15) is 0 Å². The Kier molecular flexibility index (Phi) is 4.60. The summed E-state index contributed by atoms with van der Waals surface area (Å²) < 4.78 is 2.27. The zero-order chi connectivity index (χ0) is 19.0. The molecular formula is C22H26N4O. The van der Waals surface area contributed by atoms with Crippen LogP contribution in [-0.4, -0.2) is 15.6 Å². The summed E-state index contributed by atoms with van der Waals surface area (Å²) >= 11 is 0. The number of rotatable bonds is 5. The number of aromatic nitrogens is 2. The summed E-state index contributed by atoms with van der Waals surface area (Å²) in [6.07, 6.45) is 2.27. The van der Waals surface area contributed by atoms with E-state index < -0.39 is 0 Å². The lowest BCUT2D eigenvalue weighted by Crippen LogP contribution is -2.34. The minimum Gasteiger partial charge on any atom is -0.345 e. The maximum Gasteiger partial charge on any atom is 0.319 e. The number of hydrogen-bond acceptors (Lipinski definition) is 2. The van der Waals surface area contributed by atoms with Crippen molar-refractivity contribution in [3.05, 3.63) is 59.5 Å². The van der Waals surface area contributed by atoms with Gasteiger partial charge in [0, 0.05) is 34.5 Å². The molecule has 2 amide bonds. The molecule has 1 aliphatic carbocycles. The van der Waals surface area contributed by atoms with Gasteiger partial charge in [0.05, 0.1) is 11.7 Å². The fourth-order valence-corrected chi connectivity index (χ4v) is 3.81. The van der Waals surface area contributed by atoms with Gasteiger partial charge >= 0.3 is 6.03 Å². The lowest BCUT2D eigenvalue weighted by atomic mass is 10.1. The summed E-state index contributed by atoms with van der Waals surface area (Å²) in [4.78, 5) is 17.2. The molecule has 1 aromatic carbocycles. The molecular weight excluding hydrogens is 336 g/mol. The molecule has 1 atom stereocenters. The van der Waals surface area contributed by atoms with Gasteiger partial charge < -0.3 is 15.2 Å². The third-order valence-electron chi connectivity index (χ3n) is 5.29. The number of aryl methyl sites for hydroxylation is 3. The molecule has 5 nitrogen and oxygen atoms in total. The fraction of sp³-hybridized carbons (Fsp3) is 0.364. The minimum atomic E-state index is -0.179. The highest BCUT2D eigenvalue weighted by Gasteiger charge is 2.34. The monoisotopic (exact) mass is 362 g/mol.